The average Bonchev–Trinajstić information content (AvgIpc) is 2.61. The number of aryl methyl sites for hydroxylation is 1. The van der Waals surface area contributed by atoms with Crippen molar-refractivity contribution in [3.05, 3.63) is 65.2 Å². The zero-order valence-electron chi connectivity index (χ0n) is 14.5. The summed E-state index contributed by atoms with van der Waals surface area (Å²) < 4.78 is 5.75. The van der Waals surface area contributed by atoms with Crippen LogP contribution >= 0.6 is 0 Å². The number of hydrogen-bond donors (Lipinski definition) is 2. The molecular formula is C21H28NO2+. The maximum absolute atomic E-state index is 10.3. The highest BCUT2D eigenvalue weighted by atomic mass is 16.5. The number of rotatable bonds is 7. The SMILES string of the molecule is CCCc1ccc(OC[C@@H](O)C[NH+]2CCc3ccccc3C2)cc1. The number of benzene rings is 2. The quantitative estimate of drug-likeness (QED) is 0.816. The number of aliphatic hydroxyl groups excluding tert-OH is 1. The van der Waals surface area contributed by atoms with E-state index in [2.05, 4.69) is 43.3 Å². The summed E-state index contributed by atoms with van der Waals surface area (Å²) in [7, 11) is 0. The Morgan fingerprint density at radius 2 is 1.83 bits per heavy atom. The van der Waals surface area contributed by atoms with E-state index in [1.54, 1.807) is 0 Å². The molecule has 3 heteroatoms. The first kappa shape index (κ1) is 17.0. The van der Waals surface area contributed by atoms with E-state index in [9.17, 15) is 5.11 Å². The molecule has 24 heavy (non-hydrogen) atoms. The summed E-state index contributed by atoms with van der Waals surface area (Å²) in [5, 5.41) is 10.3. The van der Waals surface area contributed by atoms with Crippen LogP contribution in [0.1, 0.15) is 30.0 Å². The zero-order valence-corrected chi connectivity index (χ0v) is 14.5. The van der Waals surface area contributed by atoms with Gasteiger partial charge in [-0.2, -0.15) is 0 Å². The van der Waals surface area contributed by atoms with Gasteiger partial charge in [0.2, 0.25) is 0 Å². The van der Waals surface area contributed by atoms with Crippen LogP contribution in [0.5, 0.6) is 5.75 Å². The monoisotopic (exact) mass is 326 g/mol. The number of quaternary nitrogens is 1. The highest BCUT2D eigenvalue weighted by Gasteiger charge is 2.21. The second-order valence-electron chi connectivity index (χ2n) is 6.76. The molecule has 0 aliphatic carbocycles. The smallest absolute Gasteiger partial charge is 0.137 e. The summed E-state index contributed by atoms with van der Waals surface area (Å²) in [6, 6.07) is 16.9. The minimum Gasteiger partial charge on any atom is -0.491 e. The predicted octanol–water partition coefficient (Wildman–Crippen LogP) is 2.02. The molecule has 1 unspecified atom stereocenters. The molecule has 0 spiro atoms. The molecule has 1 aliphatic rings. The van der Waals surface area contributed by atoms with Crippen LogP contribution in [0.15, 0.2) is 48.5 Å². The van der Waals surface area contributed by atoms with Crippen LogP contribution in [0.2, 0.25) is 0 Å². The molecule has 2 atom stereocenters. The van der Waals surface area contributed by atoms with Gasteiger partial charge in [0.15, 0.2) is 0 Å². The fourth-order valence-electron chi connectivity index (χ4n) is 3.44. The zero-order chi connectivity index (χ0) is 16.8. The van der Waals surface area contributed by atoms with Gasteiger partial charge in [0.05, 0.1) is 6.54 Å². The first-order chi connectivity index (χ1) is 11.7. The molecule has 0 saturated heterocycles. The minimum atomic E-state index is -0.430. The molecule has 0 aromatic heterocycles. The van der Waals surface area contributed by atoms with E-state index in [4.69, 9.17) is 4.74 Å². The van der Waals surface area contributed by atoms with Gasteiger partial charge >= 0.3 is 0 Å². The van der Waals surface area contributed by atoms with E-state index in [-0.39, 0.29) is 0 Å². The summed E-state index contributed by atoms with van der Waals surface area (Å²) in [4.78, 5) is 1.43. The second kappa shape index (κ2) is 8.32. The molecule has 2 aromatic carbocycles. The summed E-state index contributed by atoms with van der Waals surface area (Å²) in [5.41, 5.74) is 4.21. The molecular weight excluding hydrogens is 298 g/mol. The Hall–Kier alpha value is -1.84. The van der Waals surface area contributed by atoms with Gasteiger partial charge in [-0.15, -0.1) is 0 Å². The fourth-order valence-corrected chi connectivity index (χ4v) is 3.44. The van der Waals surface area contributed by atoms with Crippen LogP contribution in [-0.4, -0.2) is 30.9 Å². The molecule has 128 valence electrons. The summed E-state index contributed by atoms with van der Waals surface area (Å²) in [6.07, 6.45) is 2.92. The van der Waals surface area contributed by atoms with Crippen molar-refractivity contribution in [1.82, 2.24) is 0 Å². The largest absolute Gasteiger partial charge is 0.491 e. The third kappa shape index (κ3) is 4.59. The van der Waals surface area contributed by atoms with Gasteiger partial charge in [0.25, 0.3) is 0 Å². The van der Waals surface area contributed by atoms with Crippen LogP contribution in [0, 0.1) is 0 Å². The highest BCUT2D eigenvalue weighted by Crippen LogP contribution is 2.14. The molecule has 2 aromatic rings. The lowest BCUT2D eigenvalue weighted by molar-refractivity contribution is -0.918. The van der Waals surface area contributed by atoms with E-state index in [0.29, 0.717) is 6.61 Å². The van der Waals surface area contributed by atoms with E-state index in [0.717, 1.165) is 44.6 Å². The normalized spacial score (nSPS) is 18.0. The third-order valence-electron chi connectivity index (χ3n) is 4.74. The highest BCUT2D eigenvalue weighted by molar-refractivity contribution is 5.28. The molecule has 3 rings (SSSR count). The van der Waals surface area contributed by atoms with Crippen molar-refractivity contribution in [2.45, 2.75) is 38.8 Å². The minimum absolute atomic E-state index is 0.359. The Balaban J connectivity index is 1.45. The lowest BCUT2D eigenvalue weighted by Crippen LogP contribution is -3.13. The van der Waals surface area contributed by atoms with Gasteiger partial charge < -0.3 is 14.7 Å². The van der Waals surface area contributed by atoms with Crippen molar-refractivity contribution in [2.75, 3.05) is 19.7 Å². The van der Waals surface area contributed by atoms with E-state index < -0.39 is 6.10 Å². The Kier molecular flexibility index (Phi) is 5.89. The molecule has 1 aliphatic heterocycles. The second-order valence-corrected chi connectivity index (χ2v) is 6.76. The number of nitrogens with one attached hydrogen (secondary N) is 1. The molecule has 0 saturated carbocycles. The van der Waals surface area contributed by atoms with Crippen LogP contribution in [0.3, 0.4) is 0 Å². The summed E-state index contributed by atoms with van der Waals surface area (Å²) in [6.45, 7) is 5.36. The standard InChI is InChI=1S/C21H27NO2/c1-2-5-17-8-10-21(11-9-17)24-16-20(23)15-22-13-12-18-6-3-4-7-19(18)14-22/h3-4,6-11,20,23H,2,5,12-16H2,1H3/p+1/t20-/m0/s1. The average molecular weight is 326 g/mol. The molecule has 1 heterocycles. The van der Waals surface area contributed by atoms with E-state index in [1.807, 2.05) is 12.1 Å². The van der Waals surface area contributed by atoms with Gasteiger partial charge in [0.1, 0.15) is 31.5 Å². The van der Waals surface area contributed by atoms with Gasteiger partial charge in [0, 0.05) is 12.0 Å². The van der Waals surface area contributed by atoms with Gasteiger partial charge in [-0.3, -0.25) is 0 Å². The van der Waals surface area contributed by atoms with Crippen LogP contribution in [0.4, 0.5) is 0 Å². The topological polar surface area (TPSA) is 33.9 Å². The Labute approximate surface area is 144 Å². The van der Waals surface area contributed by atoms with Crippen LogP contribution in [-0.2, 0) is 19.4 Å². The summed E-state index contributed by atoms with van der Waals surface area (Å²) >= 11 is 0. The van der Waals surface area contributed by atoms with Gasteiger partial charge in [-0.25, -0.2) is 0 Å². The molecule has 0 radical (unpaired) electrons. The Bertz CT molecular complexity index is 639. The van der Waals surface area contributed by atoms with Crippen molar-refractivity contribution < 1.29 is 14.7 Å². The maximum atomic E-state index is 10.3. The number of aliphatic hydroxyl groups is 1. The van der Waals surface area contributed by atoms with Gasteiger partial charge in [-0.05, 0) is 29.7 Å². The van der Waals surface area contributed by atoms with Crippen molar-refractivity contribution in [3.63, 3.8) is 0 Å². The Morgan fingerprint density at radius 1 is 1.08 bits per heavy atom. The number of fused-ring (bicyclic) bond motifs is 1. The van der Waals surface area contributed by atoms with Crippen molar-refractivity contribution in [1.29, 1.82) is 0 Å². The van der Waals surface area contributed by atoms with E-state index in [1.165, 1.54) is 21.6 Å². The summed E-state index contributed by atoms with van der Waals surface area (Å²) in [5.74, 6) is 0.841. The first-order valence-electron chi connectivity index (χ1n) is 9.04. The molecule has 0 fully saturated rings. The van der Waals surface area contributed by atoms with Crippen molar-refractivity contribution >= 4 is 0 Å². The molecule has 2 N–H and O–H groups in total. The molecule has 0 bridgehead atoms. The fraction of sp³-hybridized carbons (Fsp3) is 0.429. The lowest BCUT2D eigenvalue weighted by Gasteiger charge is -2.27. The van der Waals surface area contributed by atoms with Crippen molar-refractivity contribution in [2.24, 2.45) is 0 Å². The third-order valence-corrected chi connectivity index (χ3v) is 4.74. The van der Waals surface area contributed by atoms with E-state index >= 15 is 0 Å². The number of ether oxygens (including phenoxy) is 1. The number of hydrogen-bond acceptors (Lipinski definition) is 2. The lowest BCUT2D eigenvalue weighted by atomic mass is 10.00. The van der Waals surface area contributed by atoms with Crippen LogP contribution < -0.4 is 9.64 Å². The molecule has 3 nitrogen and oxygen atoms in total. The Morgan fingerprint density at radius 3 is 2.58 bits per heavy atom. The maximum Gasteiger partial charge on any atom is 0.137 e. The van der Waals surface area contributed by atoms with Crippen LogP contribution in [0.25, 0.3) is 0 Å². The first-order valence-corrected chi connectivity index (χ1v) is 9.04. The van der Waals surface area contributed by atoms with Crippen molar-refractivity contribution in [3.8, 4) is 5.75 Å². The van der Waals surface area contributed by atoms with Gasteiger partial charge in [-0.1, -0.05) is 49.7 Å². The predicted molar refractivity (Wildman–Crippen MR) is 96.5 cm³/mol. The molecule has 0 amide bonds.